The monoisotopic (exact) mass is 271 g/mol. The minimum Gasteiger partial charge on any atom is -0.368 e. The summed E-state index contributed by atoms with van der Waals surface area (Å²) in [6.45, 7) is 6.25. The van der Waals surface area contributed by atoms with Crippen molar-refractivity contribution >= 4 is 17.4 Å². The third-order valence-corrected chi connectivity index (χ3v) is 3.04. The number of hydrogen-bond acceptors (Lipinski definition) is 5. The van der Waals surface area contributed by atoms with Gasteiger partial charge in [0.15, 0.2) is 5.79 Å². The maximum absolute atomic E-state index is 5.77. The zero-order chi connectivity index (χ0) is 13.0. The van der Waals surface area contributed by atoms with Gasteiger partial charge in [-0.15, -0.1) is 0 Å². The Morgan fingerprint density at radius 2 is 2.17 bits per heavy atom. The second-order valence-corrected chi connectivity index (χ2v) is 5.14. The van der Waals surface area contributed by atoms with Gasteiger partial charge < -0.3 is 14.8 Å². The Kier molecular flexibility index (Phi) is 4.37. The molecule has 5 nitrogen and oxygen atoms in total. The van der Waals surface area contributed by atoms with Gasteiger partial charge in [-0.05, 0) is 12.8 Å². The molecule has 0 saturated carbocycles. The first-order valence-corrected chi connectivity index (χ1v) is 6.44. The molecule has 2 heterocycles. The highest BCUT2D eigenvalue weighted by Gasteiger charge is 2.32. The predicted octanol–water partition coefficient (Wildman–Crippen LogP) is 2.33. The average Bonchev–Trinajstić information content (AvgIpc) is 2.73. The van der Waals surface area contributed by atoms with Crippen LogP contribution in [0.15, 0.2) is 12.4 Å². The fourth-order valence-electron chi connectivity index (χ4n) is 2.09. The molecule has 2 rings (SSSR count). The molecule has 1 aliphatic rings. The number of aromatic nitrogens is 2. The van der Waals surface area contributed by atoms with Crippen molar-refractivity contribution in [3.05, 3.63) is 17.5 Å². The number of anilines is 1. The van der Waals surface area contributed by atoms with Gasteiger partial charge in [-0.2, -0.15) is 0 Å². The molecule has 0 radical (unpaired) electrons. The molecule has 1 aromatic heterocycles. The molecule has 1 N–H and O–H groups in total. The van der Waals surface area contributed by atoms with E-state index in [0.29, 0.717) is 30.1 Å². The SMILES string of the molecule is C[C@@H](CNc1cncc(Cl)n1)CC1(C)OCCO1. The van der Waals surface area contributed by atoms with E-state index in [4.69, 9.17) is 21.1 Å². The zero-order valence-corrected chi connectivity index (χ0v) is 11.4. The van der Waals surface area contributed by atoms with E-state index in [1.54, 1.807) is 6.20 Å². The fraction of sp³-hybridized carbons (Fsp3) is 0.667. The van der Waals surface area contributed by atoms with Gasteiger partial charge in [-0.1, -0.05) is 18.5 Å². The number of nitrogens with one attached hydrogen (secondary N) is 1. The minimum absolute atomic E-state index is 0.391. The van der Waals surface area contributed by atoms with Crippen molar-refractivity contribution < 1.29 is 9.47 Å². The van der Waals surface area contributed by atoms with Crippen LogP contribution in [0.25, 0.3) is 0 Å². The third kappa shape index (κ3) is 3.80. The lowest BCUT2D eigenvalue weighted by atomic mass is 10.0. The summed E-state index contributed by atoms with van der Waals surface area (Å²) < 4.78 is 11.2. The van der Waals surface area contributed by atoms with Crippen molar-refractivity contribution in [2.24, 2.45) is 5.92 Å². The average molecular weight is 272 g/mol. The second-order valence-electron chi connectivity index (χ2n) is 4.75. The first kappa shape index (κ1) is 13.5. The summed E-state index contributed by atoms with van der Waals surface area (Å²) in [5, 5.41) is 3.60. The molecular formula is C12H18ClN3O2. The molecule has 0 spiro atoms. The minimum atomic E-state index is -0.443. The first-order valence-electron chi connectivity index (χ1n) is 6.07. The highest BCUT2D eigenvalue weighted by atomic mass is 35.5. The van der Waals surface area contributed by atoms with Crippen molar-refractivity contribution in [3.63, 3.8) is 0 Å². The van der Waals surface area contributed by atoms with Crippen LogP contribution in [-0.2, 0) is 9.47 Å². The number of halogens is 1. The molecule has 6 heteroatoms. The first-order chi connectivity index (χ1) is 8.57. The van der Waals surface area contributed by atoms with Gasteiger partial charge in [0.2, 0.25) is 0 Å². The third-order valence-electron chi connectivity index (χ3n) is 2.85. The van der Waals surface area contributed by atoms with Crippen LogP contribution in [0, 0.1) is 5.92 Å². The summed E-state index contributed by atoms with van der Waals surface area (Å²) in [6, 6.07) is 0. The van der Waals surface area contributed by atoms with E-state index in [0.717, 1.165) is 13.0 Å². The number of rotatable bonds is 5. The molecular weight excluding hydrogens is 254 g/mol. The molecule has 18 heavy (non-hydrogen) atoms. The van der Waals surface area contributed by atoms with E-state index in [2.05, 4.69) is 22.2 Å². The van der Waals surface area contributed by atoms with Crippen molar-refractivity contribution in [3.8, 4) is 0 Å². The van der Waals surface area contributed by atoms with E-state index in [-0.39, 0.29) is 0 Å². The summed E-state index contributed by atoms with van der Waals surface area (Å²) in [5.41, 5.74) is 0. The molecule has 0 amide bonds. The molecule has 1 atom stereocenters. The fourth-order valence-corrected chi connectivity index (χ4v) is 2.23. The van der Waals surface area contributed by atoms with E-state index in [1.807, 2.05) is 6.92 Å². The predicted molar refractivity (Wildman–Crippen MR) is 69.6 cm³/mol. The molecule has 0 aliphatic carbocycles. The zero-order valence-electron chi connectivity index (χ0n) is 10.6. The van der Waals surface area contributed by atoms with Crippen molar-refractivity contribution in [1.29, 1.82) is 0 Å². The second kappa shape index (κ2) is 5.82. The number of ether oxygens (including phenoxy) is 2. The Balaban J connectivity index is 1.79. The molecule has 0 unspecified atom stereocenters. The van der Waals surface area contributed by atoms with Gasteiger partial charge in [0.25, 0.3) is 0 Å². The largest absolute Gasteiger partial charge is 0.368 e. The summed E-state index contributed by atoms with van der Waals surface area (Å²) >= 11 is 5.77. The Morgan fingerprint density at radius 3 is 2.83 bits per heavy atom. The molecule has 100 valence electrons. The van der Waals surface area contributed by atoms with Crippen LogP contribution in [0.3, 0.4) is 0 Å². The summed E-state index contributed by atoms with van der Waals surface area (Å²) in [7, 11) is 0. The molecule has 0 bridgehead atoms. The molecule has 1 saturated heterocycles. The van der Waals surface area contributed by atoms with Gasteiger partial charge in [-0.3, -0.25) is 4.98 Å². The number of hydrogen-bond donors (Lipinski definition) is 1. The normalized spacial score (nSPS) is 19.7. The van der Waals surface area contributed by atoms with Crippen LogP contribution in [0.1, 0.15) is 20.3 Å². The number of nitrogens with zero attached hydrogens (tertiary/aromatic N) is 2. The van der Waals surface area contributed by atoms with Crippen LogP contribution >= 0.6 is 11.6 Å². The quantitative estimate of drug-likeness (QED) is 0.891. The topological polar surface area (TPSA) is 56.3 Å². The highest BCUT2D eigenvalue weighted by Crippen LogP contribution is 2.26. The van der Waals surface area contributed by atoms with Crippen molar-refractivity contribution in [2.45, 2.75) is 26.1 Å². The van der Waals surface area contributed by atoms with Crippen LogP contribution in [0.2, 0.25) is 5.15 Å². The lowest BCUT2D eigenvalue weighted by molar-refractivity contribution is -0.153. The van der Waals surface area contributed by atoms with Crippen molar-refractivity contribution in [2.75, 3.05) is 25.1 Å². The lowest BCUT2D eigenvalue weighted by Gasteiger charge is -2.26. The van der Waals surface area contributed by atoms with Crippen LogP contribution in [0.5, 0.6) is 0 Å². The van der Waals surface area contributed by atoms with Crippen molar-refractivity contribution in [1.82, 2.24) is 9.97 Å². The Bertz CT molecular complexity index is 397. The summed E-state index contributed by atoms with van der Waals surface area (Å²) in [4.78, 5) is 8.10. The van der Waals surface area contributed by atoms with Crippen LogP contribution < -0.4 is 5.32 Å². The van der Waals surface area contributed by atoms with E-state index in [9.17, 15) is 0 Å². The molecule has 0 aromatic carbocycles. The van der Waals surface area contributed by atoms with Gasteiger partial charge in [0, 0.05) is 13.0 Å². The Morgan fingerprint density at radius 1 is 1.44 bits per heavy atom. The van der Waals surface area contributed by atoms with Gasteiger partial charge in [0.1, 0.15) is 11.0 Å². The molecule has 1 aromatic rings. The van der Waals surface area contributed by atoms with Gasteiger partial charge in [0.05, 0.1) is 25.6 Å². The summed E-state index contributed by atoms with van der Waals surface area (Å²) in [6.07, 6.45) is 4.01. The maximum atomic E-state index is 5.77. The smallest absolute Gasteiger partial charge is 0.166 e. The van der Waals surface area contributed by atoms with Crippen LogP contribution in [0.4, 0.5) is 5.82 Å². The van der Waals surface area contributed by atoms with Gasteiger partial charge >= 0.3 is 0 Å². The Hall–Kier alpha value is -0.910. The van der Waals surface area contributed by atoms with E-state index in [1.165, 1.54) is 6.20 Å². The van der Waals surface area contributed by atoms with Gasteiger partial charge in [-0.25, -0.2) is 4.98 Å². The Labute approximate surface area is 112 Å². The lowest BCUT2D eigenvalue weighted by Crippen LogP contribution is -2.30. The summed E-state index contributed by atoms with van der Waals surface area (Å²) in [5.74, 6) is 0.642. The van der Waals surface area contributed by atoms with E-state index >= 15 is 0 Å². The molecule has 1 aliphatic heterocycles. The maximum Gasteiger partial charge on any atom is 0.166 e. The standard InChI is InChI=1S/C12H18ClN3O2/c1-9(5-12(2)17-3-4-18-12)6-15-11-8-14-7-10(13)16-11/h7-9H,3-6H2,1-2H3,(H,15,16)/t9-/m1/s1. The van der Waals surface area contributed by atoms with Crippen LogP contribution in [-0.4, -0.2) is 35.5 Å². The highest BCUT2D eigenvalue weighted by molar-refractivity contribution is 6.29. The molecule has 1 fully saturated rings. The van der Waals surface area contributed by atoms with E-state index < -0.39 is 5.79 Å².